The van der Waals surface area contributed by atoms with Gasteiger partial charge >= 0.3 is 18.3 Å². The number of alkyl halides is 6. The van der Waals surface area contributed by atoms with Crippen LogP contribution in [0.25, 0.3) is 11.1 Å². The van der Waals surface area contributed by atoms with Crippen LogP contribution in [-0.2, 0) is 41.4 Å². The van der Waals surface area contributed by atoms with Gasteiger partial charge in [0.15, 0.2) is 0 Å². The molecular formula is C23H18F6N3O4S-. The van der Waals surface area contributed by atoms with E-state index in [1.807, 2.05) is 0 Å². The molecule has 1 N–H and O–H groups in total. The Balaban J connectivity index is 1.71. The molecule has 2 aromatic carbocycles. The molecule has 7 nitrogen and oxygen atoms in total. The van der Waals surface area contributed by atoms with Crippen molar-refractivity contribution in [3.8, 4) is 11.1 Å². The van der Waals surface area contributed by atoms with Gasteiger partial charge in [0, 0.05) is 28.2 Å². The SMILES string of the molecule is O=C(O)Cn1ncc2c1CCCC2N(c1ccc(-c2cc(C(F)(F)F)cc(C(F)(F)F)c2)cc1)S(=O)[O-]. The highest BCUT2D eigenvalue weighted by Gasteiger charge is 2.37. The third-order valence-corrected chi connectivity index (χ3v) is 6.79. The first-order valence-electron chi connectivity index (χ1n) is 10.8. The summed E-state index contributed by atoms with van der Waals surface area (Å²) < 4.78 is 106. The molecule has 1 aromatic heterocycles. The van der Waals surface area contributed by atoms with Crippen LogP contribution in [0.3, 0.4) is 0 Å². The fourth-order valence-corrected chi connectivity index (χ4v) is 5.12. The zero-order chi connectivity index (χ0) is 27.1. The van der Waals surface area contributed by atoms with Crippen LogP contribution in [0.15, 0.2) is 48.7 Å². The van der Waals surface area contributed by atoms with Crippen molar-refractivity contribution >= 4 is 22.9 Å². The second-order valence-electron chi connectivity index (χ2n) is 8.39. The average molecular weight is 546 g/mol. The fourth-order valence-electron chi connectivity index (χ4n) is 4.40. The molecule has 0 saturated heterocycles. The van der Waals surface area contributed by atoms with Gasteiger partial charge in [-0.3, -0.25) is 18.0 Å². The van der Waals surface area contributed by atoms with E-state index in [9.17, 15) is 39.9 Å². The number of aromatic nitrogens is 2. The van der Waals surface area contributed by atoms with Crippen LogP contribution in [0.2, 0.25) is 0 Å². The molecule has 0 saturated carbocycles. The summed E-state index contributed by atoms with van der Waals surface area (Å²) in [6.07, 6.45) is -7.18. The minimum absolute atomic E-state index is 0.0237. The number of benzene rings is 2. The van der Waals surface area contributed by atoms with Crippen molar-refractivity contribution in [3.63, 3.8) is 0 Å². The predicted octanol–water partition coefficient (Wildman–Crippen LogP) is 5.35. The lowest BCUT2D eigenvalue weighted by atomic mass is 9.92. The monoisotopic (exact) mass is 546 g/mol. The van der Waals surface area contributed by atoms with Crippen molar-refractivity contribution in [1.82, 2.24) is 9.78 Å². The highest BCUT2D eigenvalue weighted by molar-refractivity contribution is 7.80. The van der Waals surface area contributed by atoms with Crippen LogP contribution in [0, 0.1) is 0 Å². The summed E-state index contributed by atoms with van der Waals surface area (Å²) in [6, 6.07) is 5.55. The van der Waals surface area contributed by atoms with E-state index in [1.54, 1.807) is 0 Å². The molecule has 1 aliphatic rings. The van der Waals surface area contributed by atoms with Crippen LogP contribution < -0.4 is 4.31 Å². The molecule has 4 rings (SSSR count). The third-order valence-electron chi connectivity index (χ3n) is 6.00. The molecule has 2 unspecified atom stereocenters. The second-order valence-corrected chi connectivity index (χ2v) is 9.22. The average Bonchev–Trinajstić information content (AvgIpc) is 3.21. The highest BCUT2D eigenvalue weighted by atomic mass is 32.2. The van der Waals surface area contributed by atoms with Crippen molar-refractivity contribution in [3.05, 3.63) is 71.0 Å². The quantitative estimate of drug-likeness (QED) is 0.332. The van der Waals surface area contributed by atoms with E-state index >= 15 is 0 Å². The van der Waals surface area contributed by atoms with Gasteiger partial charge in [-0.15, -0.1) is 0 Å². The molecule has 198 valence electrons. The van der Waals surface area contributed by atoms with Crippen molar-refractivity contribution in [2.24, 2.45) is 0 Å². The molecule has 1 aliphatic carbocycles. The molecule has 0 radical (unpaired) electrons. The Morgan fingerprint density at radius 2 is 1.65 bits per heavy atom. The lowest BCUT2D eigenvalue weighted by molar-refractivity contribution is -0.143. The molecule has 14 heteroatoms. The maximum absolute atomic E-state index is 13.2. The van der Waals surface area contributed by atoms with Gasteiger partial charge in [0.1, 0.15) is 6.54 Å². The molecule has 2 atom stereocenters. The molecule has 0 aliphatic heterocycles. The van der Waals surface area contributed by atoms with Crippen molar-refractivity contribution in [2.45, 2.75) is 44.2 Å². The number of aliphatic carboxylic acids is 1. The van der Waals surface area contributed by atoms with E-state index in [0.717, 1.165) is 4.31 Å². The molecule has 0 spiro atoms. The number of carboxylic acid groups (broad SMARTS) is 1. The summed E-state index contributed by atoms with van der Waals surface area (Å²) in [5.74, 6) is -1.11. The van der Waals surface area contributed by atoms with Gasteiger partial charge in [0.05, 0.1) is 23.4 Å². The molecule has 1 heterocycles. The number of carbonyl (C=O) groups is 1. The lowest BCUT2D eigenvalue weighted by Crippen LogP contribution is -2.33. The van der Waals surface area contributed by atoms with Crippen molar-refractivity contribution < 1.29 is 45.0 Å². The molecule has 0 bridgehead atoms. The Hall–Kier alpha value is -3.39. The first-order valence-corrected chi connectivity index (χ1v) is 11.8. The van der Waals surface area contributed by atoms with E-state index in [4.69, 9.17) is 5.11 Å². The van der Waals surface area contributed by atoms with Gasteiger partial charge in [0.2, 0.25) is 0 Å². The number of hydrogen-bond acceptors (Lipinski definition) is 4. The highest BCUT2D eigenvalue weighted by Crippen LogP contribution is 2.41. The van der Waals surface area contributed by atoms with Crippen LogP contribution in [-0.4, -0.2) is 29.6 Å². The number of nitrogens with zero attached hydrogens (tertiary/aromatic N) is 3. The van der Waals surface area contributed by atoms with Crippen LogP contribution >= 0.6 is 0 Å². The van der Waals surface area contributed by atoms with Crippen LogP contribution in [0.1, 0.15) is 41.3 Å². The predicted molar refractivity (Wildman–Crippen MR) is 119 cm³/mol. The Bertz CT molecular complexity index is 1310. The smallest absolute Gasteiger partial charge is 0.416 e. The Kier molecular flexibility index (Phi) is 7.08. The number of halogens is 6. The fraction of sp³-hybridized carbons (Fsp3) is 0.304. The molecule has 0 fully saturated rings. The summed E-state index contributed by atoms with van der Waals surface area (Å²) in [6.45, 7) is -0.395. The van der Waals surface area contributed by atoms with Gasteiger partial charge in [-0.1, -0.05) is 12.1 Å². The standard InChI is InChI=1S/C23H19F6N3O4S/c24-22(25,26)15-8-14(9-16(10-15)23(27,28)29)13-4-6-17(7-5-13)32(37(35)36)20-3-1-2-19-18(20)11-30-31(19)12-21(33)34/h4-11,20H,1-3,12H2,(H,33,34)(H,35,36)/p-1. The third kappa shape index (κ3) is 5.64. The zero-order valence-corrected chi connectivity index (χ0v) is 19.5. The Labute approximate surface area is 208 Å². The number of rotatable bonds is 6. The van der Waals surface area contributed by atoms with E-state index in [0.29, 0.717) is 42.7 Å². The molecular weight excluding hydrogens is 528 g/mol. The summed E-state index contributed by atoms with van der Waals surface area (Å²) in [7, 11) is 0. The first kappa shape index (κ1) is 26.7. The van der Waals surface area contributed by atoms with Crippen LogP contribution in [0.4, 0.5) is 32.0 Å². The van der Waals surface area contributed by atoms with E-state index in [2.05, 4.69) is 5.10 Å². The lowest BCUT2D eigenvalue weighted by Gasteiger charge is -2.37. The van der Waals surface area contributed by atoms with E-state index in [-0.39, 0.29) is 22.9 Å². The van der Waals surface area contributed by atoms with Gasteiger partial charge < -0.3 is 9.66 Å². The minimum Gasteiger partial charge on any atom is -0.755 e. The summed E-state index contributed by atoms with van der Waals surface area (Å²) in [4.78, 5) is 11.1. The molecule has 37 heavy (non-hydrogen) atoms. The second kappa shape index (κ2) is 9.82. The van der Waals surface area contributed by atoms with Crippen molar-refractivity contribution in [1.29, 1.82) is 0 Å². The number of hydrogen-bond donors (Lipinski definition) is 1. The van der Waals surface area contributed by atoms with Gasteiger partial charge in [-0.25, -0.2) is 0 Å². The number of fused-ring (bicyclic) bond motifs is 1. The minimum atomic E-state index is -5.00. The summed E-state index contributed by atoms with van der Waals surface area (Å²) in [5, 5.41) is 13.1. The summed E-state index contributed by atoms with van der Waals surface area (Å²) in [5.41, 5.74) is -2.01. The maximum Gasteiger partial charge on any atom is 0.416 e. The molecule has 0 amide bonds. The molecule has 3 aromatic rings. The maximum atomic E-state index is 13.2. The largest absolute Gasteiger partial charge is 0.755 e. The topological polar surface area (TPSA) is 98.5 Å². The zero-order valence-electron chi connectivity index (χ0n) is 18.7. The van der Waals surface area contributed by atoms with Crippen LogP contribution in [0.5, 0.6) is 0 Å². The normalized spacial score (nSPS) is 16.8. The number of carboxylic acids is 1. The van der Waals surface area contributed by atoms with Gasteiger partial charge in [0.25, 0.3) is 0 Å². The van der Waals surface area contributed by atoms with E-state index in [1.165, 1.54) is 35.1 Å². The first-order chi connectivity index (χ1) is 17.3. The van der Waals surface area contributed by atoms with Crippen molar-refractivity contribution in [2.75, 3.05) is 4.31 Å². The Morgan fingerprint density at radius 1 is 1.05 bits per heavy atom. The summed E-state index contributed by atoms with van der Waals surface area (Å²) >= 11 is -2.81. The van der Waals surface area contributed by atoms with Gasteiger partial charge in [-0.05, 0) is 60.7 Å². The van der Waals surface area contributed by atoms with Gasteiger partial charge in [-0.2, -0.15) is 31.4 Å². The Morgan fingerprint density at radius 3 is 2.16 bits per heavy atom. The van der Waals surface area contributed by atoms with E-state index < -0.39 is 53.3 Å². The number of anilines is 1.